The fourth-order valence-electron chi connectivity index (χ4n) is 2.43. The zero-order chi connectivity index (χ0) is 13.4. The molecule has 0 unspecified atom stereocenters. The van der Waals surface area contributed by atoms with Crippen molar-refractivity contribution in [2.75, 3.05) is 12.4 Å². The first kappa shape index (κ1) is 12.5. The van der Waals surface area contributed by atoms with Gasteiger partial charge in [-0.25, -0.2) is 14.4 Å². The summed E-state index contributed by atoms with van der Waals surface area (Å²) in [5, 5.41) is 3.13. The van der Waals surface area contributed by atoms with Crippen molar-refractivity contribution in [3.63, 3.8) is 0 Å². The van der Waals surface area contributed by atoms with E-state index in [-0.39, 0.29) is 5.82 Å². The number of nitrogens with zero attached hydrogens (tertiary/aromatic N) is 2. The standard InChI is InChI=1S/C14H13BrFN3/c1-17-13-10-3-2-4-12(10)18-14(19-13)9-6-5-8(16)7-11(9)15/h5-7H,2-4H2,1H3,(H,17,18,19). The molecule has 5 heteroatoms. The molecule has 0 spiro atoms. The molecule has 0 saturated heterocycles. The molecule has 1 N–H and O–H groups in total. The Morgan fingerprint density at radius 1 is 1.26 bits per heavy atom. The minimum atomic E-state index is -0.273. The smallest absolute Gasteiger partial charge is 0.162 e. The van der Waals surface area contributed by atoms with E-state index in [1.54, 1.807) is 6.07 Å². The first-order valence-electron chi connectivity index (χ1n) is 6.22. The molecule has 1 aliphatic carbocycles. The number of halogens is 2. The van der Waals surface area contributed by atoms with Crippen LogP contribution in [0.15, 0.2) is 22.7 Å². The highest BCUT2D eigenvalue weighted by molar-refractivity contribution is 9.10. The number of hydrogen-bond donors (Lipinski definition) is 1. The van der Waals surface area contributed by atoms with Crippen LogP contribution >= 0.6 is 15.9 Å². The molecule has 0 atom stereocenters. The van der Waals surface area contributed by atoms with E-state index in [1.807, 2.05) is 7.05 Å². The summed E-state index contributed by atoms with van der Waals surface area (Å²) in [6, 6.07) is 4.57. The Balaban J connectivity index is 2.15. The Morgan fingerprint density at radius 3 is 2.84 bits per heavy atom. The van der Waals surface area contributed by atoms with E-state index in [0.717, 1.165) is 36.3 Å². The van der Waals surface area contributed by atoms with E-state index in [9.17, 15) is 4.39 Å². The first-order valence-corrected chi connectivity index (χ1v) is 7.01. The van der Waals surface area contributed by atoms with Gasteiger partial charge in [-0.2, -0.15) is 0 Å². The lowest BCUT2D eigenvalue weighted by Gasteiger charge is -2.10. The Labute approximate surface area is 119 Å². The van der Waals surface area contributed by atoms with Crippen LogP contribution in [0.4, 0.5) is 10.2 Å². The highest BCUT2D eigenvalue weighted by Gasteiger charge is 2.20. The van der Waals surface area contributed by atoms with Crippen LogP contribution < -0.4 is 5.32 Å². The van der Waals surface area contributed by atoms with Crippen molar-refractivity contribution in [3.05, 3.63) is 39.7 Å². The molecule has 19 heavy (non-hydrogen) atoms. The van der Waals surface area contributed by atoms with Gasteiger partial charge in [0.05, 0.1) is 0 Å². The highest BCUT2D eigenvalue weighted by atomic mass is 79.9. The second-order valence-corrected chi connectivity index (χ2v) is 5.40. The Kier molecular flexibility index (Phi) is 3.22. The van der Waals surface area contributed by atoms with Crippen LogP contribution in [0.3, 0.4) is 0 Å². The average molecular weight is 322 g/mol. The van der Waals surface area contributed by atoms with Crippen molar-refractivity contribution in [3.8, 4) is 11.4 Å². The lowest BCUT2D eigenvalue weighted by molar-refractivity contribution is 0.627. The van der Waals surface area contributed by atoms with Crippen molar-refractivity contribution in [1.82, 2.24) is 9.97 Å². The van der Waals surface area contributed by atoms with Gasteiger partial charge >= 0.3 is 0 Å². The number of rotatable bonds is 2. The zero-order valence-corrected chi connectivity index (χ0v) is 12.1. The molecule has 1 aromatic heterocycles. The molecule has 1 aliphatic rings. The van der Waals surface area contributed by atoms with Crippen molar-refractivity contribution in [2.24, 2.45) is 0 Å². The molecule has 2 aromatic rings. The van der Waals surface area contributed by atoms with Crippen molar-refractivity contribution >= 4 is 21.7 Å². The van der Waals surface area contributed by atoms with Gasteiger partial charge in [0.15, 0.2) is 5.82 Å². The number of nitrogens with one attached hydrogen (secondary N) is 1. The molecule has 0 amide bonds. The Bertz CT molecular complexity index is 643. The maximum absolute atomic E-state index is 13.1. The van der Waals surface area contributed by atoms with E-state index < -0.39 is 0 Å². The van der Waals surface area contributed by atoms with E-state index >= 15 is 0 Å². The van der Waals surface area contributed by atoms with E-state index in [4.69, 9.17) is 0 Å². The van der Waals surface area contributed by atoms with Crippen LogP contribution in [0.5, 0.6) is 0 Å². The fraction of sp³-hybridized carbons (Fsp3) is 0.286. The van der Waals surface area contributed by atoms with Crippen LogP contribution in [-0.4, -0.2) is 17.0 Å². The van der Waals surface area contributed by atoms with Gasteiger partial charge in [-0.05, 0) is 53.4 Å². The largest absolute Gasteiger partial charge is 0.373 e. The van der Waals surface area contributed by atoms with Gasteiger partial charge < -0.3 is 5.32 Å². The maximum atomic E-state index is 13.1. The van der Waals surface area contributed by atoms with E-state index in [1.165, 1.54) is 17.7 Å². The highest BCUT2D eigenvalue weighted by Crippen LogP contribution is 2.32. The number of aryl methyl sites for hydroxylation is 1. The summed E-state index contributed by atoms with van der Waals surface area (Å²) in [5.74, 6) is 1.25. The average Bonchev–Trinajstić information content (AvgIpc) is 2.85. The van der Waals surface area contributed by atoms with Crippen LogP contribution in [0.1, 0.15) is 17.7 Å². The molecular weight excluding hydrogens is 309 g/mol. The quantitative estimate of drug-likeness (QED) is 0.918. The minimum Gasteiger partial charge on any atom is -0.373 e. The summed E-state index contributed by atoms with van der Waals surface area (Å²) >= 11 is 3.37. The van der Waals surface area contributed by atoms with Gasteiger partial charge in [0.2, 0.25) is 0 Å². The van der Waals surface area contributed by atoms with E-state index in [2.05, 4.69) is 31.2 Å². The van der Waals surface area contributed by atoms with Gasteiger partial charge in [0.1, 0.15) is 11.6 Å². The van der Waals surface area contributed by atoms with Gasteiger partial charge in [-0.15, -0.1) is 0 Å². The Morgan fingerprint density at radius 2 is 2.11 bits per heavy atom. The third-order valence-corrected chi connectivity index (χ3v) is 4.00. The lowest BCUT2D eigenvalue weighted by atomic mass is 10.2. The molecule has 0 saturated carbocycles. The van der Waals surface area contributed by atoms with Crippen LogP contribution in [-0.2, 0) is 12.8 Å². The molecule has 98 valence electrons. The number of benzene rings is 1. The normalized spacial score (nSPS) is 13.4. The third-order valence-electron chi connectivity index (χ3n) is 3.34. The molecular formula is C14H13BrFN3. The second kappa shape index (κ2) is 4.89. The van der Waals surface area contributed by atoms with Gasteiger partial charge in [-0.3, -0.25) is 0 Å². The third kappa shape index (κ3) is 2.23. The summed E-state index contributed by atoms with van der Waals surface area (Å²) < 4.78 is 13.8. The molecule has 1 heterocycles. The van der Waals surface area contributed by atoms with Gasteiger partial charge in [-0.1, -0.05) is 0 Å². The predicted octanol–water partition coefficient (Wildman–Crippen LogP) is 3.58. The number of aromatic nitrogens is 2. The summed E-state index contributed by atoms with van der Waals surface area (Å²) in [6.45, 7) is 0. The second-order valence-electron chi connectivity index (χ2n) is 4.55. The van der Waals surface area contributed by atoms with Crippen LogP contribution in [0.2, 0.25) is 0 Å². The summed E-state index contributed by atoms with van der Waals surface area (Å²) in [7, 11) is 1.87. The summed E-state index contributed by atoms with van der Waals surface area (Å²) in [5.41, 5.74) is 3.13. The van der Waals surface area contributed by atoms with Crippen molar-refractivity contribution in [2.45, 2.75) is 19.3 Å². The molecule has 3 nitrogen and oxygen atoms in total. The monoisotopic (exact) mass is 321 g/mol. The molecule has 1 aromatic carbocycles. The van der Waals surface area contributed by atoms with E-state index in [0.29, 0.717) is 10.3 Å². The maximum Gasteiger partial charge on any atom is 0.162 e. The zero-order valence-electron chi connectivity index (χ0n) is 10.5. The number of fused-ring (bicyclic) bond motifs is 1. The Hall–Kier alpha value is -1.49. The summed E-state index contributed by atoms with van der Waals surface area (Å²) in [4.78, 5) is 9.17. The molecule has 0 radical (unpaired) electrons. The number of hydrogen-bond acceptors (Lipinski definition) is 3. The molecule has 0 fully saturated rings. The first-order chi connectivity index (χ1) is 9.19. The summed E-state index contributed by atoms with van der Waals surface area (Å²) in [6.07, 6.45) is 3.13. The fourth-order valence-corrected chi connectivity index (χ4v) is 2.96. The topological polar surface area (TPSA) is 37.8 Å². The van der Waals surface area contributed by atoms with Crippen LogP contribution in [0, 0.1) is 5.82 Å². The van der Waals surface area contributed by atoms with Crippen molar-refractivity contribution in [1.29, 1.82) is 0 Å². The van der Waals surface area contributed by atoms with Crippen molar-refractivity contribution < 1.29 is 4.39 Å². The lowest BCUT2D eigenvalue weighted by Crippen LogP contribution is -2.03. The SMILES string of the molecule is CNc1nc(-c2ccc(F)cc2Br)nc2c1CCC2. The number of anilines is 1. The molecule has 3 rings (SSSR count). The molecule has 0 bridgehead atoms. The van der Waals surface area contributed by atoms with Gasteiger partial charge in [0, 0.05) is 28.3 Å². The molecule has 0 aliphatic heterocycles. The van der Waals surface area contributed by atoms with Crippen LogP contribution in [0.25, 0.3) is 11.4 Å². The van der Waals surface area contributed by atoms with Gasteiger partial charge in [0.25, 0.3) is 0 Å². The minimum absolute atomic E-state index is 0.273. The predicted molar refractivity (Wildman–Crippen MR) is 76.7 cm³/mol.